The van der Waals surface area contributed by atoms with Gasteiger partial charge in [0.1, 0.15) is 0 Å². The highest BCUT2D eigenvalue weighted by molar-refractivity contribution is 8.16. The molecule has 0 spiro atoms. The third-order valence-electron chi connectivity index (χ3n) is 1.48. The molecule has 0 aliphatic carbocycles. The van der Waals surface area contributed by atoms with Crippen molar-refractivity contribution in [3.63, 3.8) is 0 Å². The van der Waals surface area contributed by atoms with Crippen LogP contribution in [-0.4, -0.2) is 22.4 Å². The van der Waals surface area contributed by atoms with E-state index in [1.54, 1.807) is 6.08 Å². The first-order valence-electron chi connectivity index (χ1n) is 3.72. The van der Waals surface area contributed by atoms with Gasteiger partial charge in [-0.05, 0) is 13.8 Å². The van der Waals surface area contributed by atoms with Crippen molar-refractivity contribution in [2.45, 2.75) is 18.6 Å². The number of thioether (sulfide) groups is 1. The minimum Gasteiger partial charge on any atom is -0.304 e. The molecule has 0 atom stereocenters. The van der Waals surface area contributed by atoms with E-state index >= 15 is 0 Å². The molecule has 1 heterocycles. The van der Waals surface area contributed by atoms with Crippen molar-refractivity contribution in [2.75, 3.05) is 6.54 Å². The lowest BCUT2D eigenvalue weighted by atomic mass is 10.2. The molecule has 12 heavy (non-hydrogen) atoms. The molecule has 1 saturated heterocycles. The summed E-state index contributed by atoms with van der Waals surface area (Å²) in [4.78, 5) is 15.3. The number of nitrogens with zero attached hydrogens (tertiary/aromatic N) is 1. The quantitative estimate of drug-likeness (QED) is 0.654. The average molecular weight is 184 g/mol. The Morgan fingerprint density at radius 3 is 2.83 bits per heavy atom. The lowest BCUT2D eigenvalue weighted by Gasteiger charge is -2.08. The van der Waals surface area contributed by atoms with Crippen LogP contribution in [0.1, 0.15) is 13.8 Å². The van der Waals surface area contributed by atoms with Gasteiger partial charge < -0.3 is 5.32 Å². The summed E-state index contributed by atoms with van der Waals surface area (Å²) in [6, 6.07) is 0. The highest BCUT2D eigenvalue weighted by Crippen LogP contribution is 2.30. The standard InChI is InChI=1S/C8H12N2OS/c1-4-5-9-7-10-6(11)8(2,3)12-7/h4H,1,5H2,2-3H3,(H,9,10,11). The first-order chi connectivity index (χ1) is 5.56. The summed E-state index contributed by atoms with van der Waals surface area (Å²) in [5, 5.41) is 3.40. The van der Waals surface area contributed by atoms with E-state index in [4.69, 9.17) is 0 Å². The maximum Gasteiger partial charge on any atom is 0.242 e. The molecule has 0 bridgehead atoms. The van der Waals surface area contributed by atoms with Crippen LogP contribution in [-0.2, 0) is 4.79 Å². The maximum atomic E-state index is 11.2. The van der Waals surface area contributed by atoms with Gasteiger partial charge in [0.2, 0.25) is 5.91 Å². The predicted octanol–water partition coefficient (Wildman–Crippen LogP) is 1.17. The fraction of sp³-hybridized carbons (Fsp3) is 0.500. The molecule has 0 radical (unpaired) electrons. The molecule has 1 rings (SSSR count). The van der Waals surface area contributed by atoms with Crippen molar-refractivity contribution in [3.05, 3.63) is 12.7 Å². The maximum absolute atomic E-state index is 11.2. The van der Waals surface area contributed by atoms with Gasteiger partial charge in [0.25, 0.3) is 0 Å². The molecule has 0 unspecified atom stereocenters. The van der Waals surface area contributed by atoms with Crippen molar-refractivity contribution in [1.82, 2.24) is 5.32 Å². The SMILES string of the molecule is C=CCN=C1NC(=O)C(C)(C)S1. The Balaban J connectivity index is 2.66. The minimum atomic E-state index is -0.375. The van der Waals surface area contributed by atoms with E-state index in [-0.39, 0.29) is 10.7 Å². The number of carbonyl (C=O) groups is 1. The highest BCUT2D eigenvalue weighted by atomic mass is 32.2. The second-order valence-corrected chi connectivity index (χ2v) is 4.61. The van der Waals surface area contributed by atoms with E-state index < -0.39 is 0 Å². The Hall–Kier alpha value is -0.770. The molecule has 4 heteroatoms. The van der Waals surface area contributed by atoms with Crippen LogP contribution in [0.5, 0.6) is 0 Å². The van der Waals surface area contributed by atoms with Crippen LogP contribution in [0.4, 0.5) is 0 Å². The predicted molar refractivity (Wildman–Crippen MR) is 52.3 cm³/mol. The molecule has 0 aromatic heterocycles. The van der Waals surface area contributed by atoms with Gasteiger partial charge in [-0.25, -0.2) is 0 Å². The van der Waals surface area contributed by atoms with Gasteiger partial charge in [0, 0.05) is 0 Å². The van der Waals surface area contributed by atoms with E-state index in [1.165, 1.54) is 11.8 Å². The van der Waals surface area contributed by atoms with Crippen LogP contribution in [0.15, 0.2) is 17.6 Å². The van der Waals surface area contributed by atoms with E-state index in [0.717, 1.165) is 0 Å². The Kier molecular flexibility index (Phi) is 2.57. The topological polar surface area (TPSA) is 41.5 Å². The van der Waals surface area contributed by atoms with Gasteiger partial charge in [0.05, 0.1) is 11.3 Å². The van der Waals surface area contributed by atoms with Crippen molar-refractivity contribution >= 4 is 22.8 Å². The Bertz CT molecular complexity index is 245. The molecule has 1 amide bonds. The van der Waals surface area contributed by atoms with E-state index in [2.05, 4.69) is 16.9 Å². The molecule has 1 N–H and O–H groups in total. The molecule has 1 aliphatic heterocycles. The number of rotatable bonds is 2. The van der Waals surface area contributed by atoms with Crippen LogP contribution in [0.2, 0.25) is 0 Å². The molecular weight excluding hydrogens is 172 g/mol. The van der Waals surface area contributed by atoms with E-state index in [9.17, 15) is 4.79 Å². The van der Waals surface area contributed by atoms with Gasteiger partial charge in [-0.1, -0.05) is 17.8 Å². The summed E-state index contributed by atoms with van der Waals surface area (Å²) >= 11 is 1.46. The van der Waals surface area contributed by atoms with Gasteiger partial charge in [-0.3, -0.25) is 9.79 Å². The van der Waals surface area contributed by atoms with E-state index in [0.29, 0.717) is 11.7 Å². The number of carbonyl (C=O) groups excluding carboxylic acids is 1. The summed E-state index contributed by atoms with van der Waals surface area (Å²) in [7, 11) is 0. The molecule has 66 valence electrons. The lowest BCUT2D eigenvalue weighted by Crippen LogP contribution is -2.30. The van der Waals surface area contributed by atoms with Crippen LogP contribution < -0.4 is 5.32 Å². The first kappa shape index (κ1) is 9.32. The fourth-order valence-electron chi connectivity index (χ4n) is 0.780. The molecular formula is C8H12N2OS. The normalized spacial score (nSPS) is 24.2. The number of hydrogen-bond donors (Lipinski definition) is 1. The highest BCUT2D eigenvalue weighted by Gasteiger charge is 2.37. The zero-order valence-corrected chi connectivity index (χ0v) is 8.07. The summed E-state index contributed by atoms with van der Waals surface area (Å²) in [5.74, 6) is 0.0234. The number of amides is 1. The third-order valence-corrected chi connectivity index (χ3v) is 2.60. The second-order valence-electron chi connectivity index (χ2n) is 3.00. The van der Waals surface area contributed by atoms with Gasteiger partial charge in [-0.2, -0.15) is 0 Å². The van der Waals surface area contributed by atoms with Crippen molar-refractivity contribution < 1.29 is 4.79 Å². The summed E-state index contributed by atoms with van der Waals surface area (Å²) in [6.45, 7) is 7.86. The van der Waals surface area contributed by atoms with Gasteiger partial charge in [0.15, 0.2) is 5.17 Å². The molecule has 0 aromatic rings. The average Bonchev–Trinajstić information content (AvgIpc) is 2.22. The monoisotopic (exact) mass is 184 g/mol. The zero-order valence-electron chi connectivity index (χ0n) is 7.26. The number of hydrogen-bond acceptors (Lipinski definition) is 3. The summed E-state index contributed by atoms with van der Waals surface area (Å²) in [6.07, 6.45) is 1.70. The molecule has 1 aliphatic rings. The number of nitrogens with one attached hydrogen (secondary N) is 1. The Labute approximate surface area is 76.3 Å². The minimum absolute atomic E-state index is 0.0234. The third kappa shape index (κ3) is 1.88. The Morgan fingerprint density at radius 1 is 1.75 bits per heavy atom. The second kappa shape index (κ2) is 3.31. The zero-order chi connectivity index (χ0) is 9.19. The van der Waals surface area contributed by atoms with Crippen molar-refractivity contribution in [3.8, 4) is 0 Å². The van der Waals surface area contributed by atoms with Crippen molar-refractivity contribution in [1.29, 1.82) is 0 Å². The molecule has 3 nitrogen and oxygen atoms in total. The Morgan fingerprint density at radius 2 is 2.42 bits per heavy atom. The van der Waals surface area contributed by atoms with Crippen LogP contribution in [0.3, 0.4) is 0 Å². The largest absolute Gasteiger partial charge is 0.304 e. The molecule has 0 aromatic carbocycles. The lowest BCUT2D eigenvalue weighted by molar-refractivity contribution is -0.120. The number of amidine groups is 1. The van der Waals surface area contributed by atoms with Crippen LogP contribution >= 0.6 is 11.8 Å². The van der Waals surface area contributed by atoms with Crippen LogP contribution in [0, 0.1) is 0 Å². The fourth-order valence-corrected chi connectivity index (χ4v) is 1.69. The van der Waals surface area contributed by atoms with Crippen molar-refractivity contribution in [2.24, 2.45) is 4.99 Å². The number of aliphatic imine (C=N–C) groups is 1. The van der Waals surface area contributed by atoms with E-state index in [1.807, 2.05) is 13.8 Å². The smallest absolute Gasteiger partial charge is 0.242 e. The van der Waals surface area contributed by atoms with Crippen LogP contribution in [0.25, 0.3) is 0 Å². The molecule has 1 fully saturated rings. The molecule has 0 saturated carbocycles. The summed E-state index contributed by atoms with van der Waals surface area (Å²) < 4.78 is -0.375. The first-order valence-corrected chi connectivity index (χ1v) is 4.54. The van der Waals surface area contributed by atoms with Gasteiger partial charge in [-0.15, -0.1) is 6.58 Å². The van der Waals surface area contributed by atoms with Gasteiger partial charge >= 0.3 is 0 Å². The summed E-state index contributed by atoms with van der Waals surface area (Å²) in [5.41, 5.74) is 0.